The first-order chi connectivity index (χ1) is 18.2. The largest absolute Gasteiger partial charge is 0.496 e. The Kier molecular flexibility index (Phi) is 8.90. The van der Waals surface area contributed by atoms with Gasteiger partial charge in [-0.05, 0) is 61.2 Å². The van der Waals surface area contributed by atoms with Gasteiger partial charge in [-0.2, -0.15) is 0 Å². The summed E-state index contributed by atoms with van der Waals surface area (Å²) in [6.45, 7) is 1.04. The standard InChI is InChI=1S/C27H30N4O5S2/c1-30(2)19-6-4-18(5-7-19)25(34)29-27-28-16-24(38-27)37-20-8-9-22(36-3)21(15-20)26(35)31-12-10-17(11-13-31)14-23(32)33/h4-9,15-17H,10-14H2,1-3H3,(H,32,33)(H,28,29,34). The Morgan fingerprint density at radius 1 is 1.16 bits per heavy atom. The summed E-state index contributed by atoms with van der Waals surface area (Å²) in [4.78, 5) is 45.8. The minimum absolute atomic E-state index is 0.0961. The molecule has 0 bridgehead atoms. The highest BCUT2D eigenvalue weighted by Crippen LogP contribution is 2.36. The fourth-order valence-electron chi connectivity index (χ4n) is 4.24. The van der Waals surface area contributed by atoms with E-state index in [1.54, 1.807) is 35.4 Å². The second-order valence-electron chi connectivity index (χ2n) is 9.18. The molecule has 1 aliphatic rings. The molecule has 38 heavy (non-hydrogen) atoms. The highest BCUT2D eigenvalue weighted by atomic mass is 32.2. The molecule has 0 atom stereocenters. The van der Waals surface area contributed by atoms with Gasteiger partial charge in [0.15, 0.2) is 5.13 Å². The molecular formula is C27H30N4O5S2. The molecule has 1 aliphatic heterocycles. The van der Waals surface area contributed by atoms with E-state index >= 15 is 0 Å². The van der Waals surface area contributed by atoms with Gasteiger partial charge in [0, 0.05) is 49.8 Å². The van der Waals surface area contributed by atoms with Crippen molar-refractivity contribution in [3.8, 4) is 5.75 Å². The zero-order valence-corrected chi connectivity index (χ0v) is 23.1. The molecule has 1 saturated heterocycles. The second-order valence-corrected chi connectivity index (χ2v) is 11.6. The molecule has 0 radical (unpaired) electrons. The number of amides is 2. The number of rotatable bonds is 9. The predicted octanol–water partition coefficient (Wildman–Crippen LogP) is 4.95. The van der Waals surface area contributed by atoms with E-state index in [0.717, 1.165) is 14.8 Å². The van der Waals surface area contributed by atoms with Gasteiger partial charge in [0.25, 0.3) is 11.8 Å². The van der Waals surface area contributed by atoms with E-state index in [2.05, 4.69) is 10.3 Å². The topological polar surface area (TPSA) is 112 Å². The van der Waals surface area contributed by atoms with Crippen LogP contribution in [-0.2, 0) is 4.79 Å². The maximum atomic E-state index is 13.3. The van der Waals surface area contributed by atoms with Gasteiger partial charge in [-0.25, -0.2) is 4.98 Å². The number of aromatic nitrogens is 1. The molecule has 2 aromatic carbocycles. The zero-order chi connectivity index (χ0) is 27.2. The van der Waals surface area contributed by atoms with E-state index in [1.807, 2.05) is 37.2 Å². The Balaban J connectivity index is 1.40. The van der Waals surface area contributed by atoms with Crippen molar-refractivity contribution in [2.24, 2.45) is 5.92 Å². The summed E-state index contributed by atoms with van der Waals surface area (Å²) < 4.78 is 6.31. The maximum Gasteiger partial charge on any atom is 0.303 e. The number of anilines is 2. The molecule has 2 N–H and O–H groups in total. The third kappa shape index (κ3) is 6.84. The van der Waals surface area contributed by atoms with Crippen LogP contribution in [0.3, 0.4) is 0 Å². The third-order valence-corrected chi connectivity index (χ3v) is 8.34. The van der Waals surface area contributed by atoms with Gasteiger partial charge in [-0.1, -0.05) is 23.1 Å². The number of aliphatic carboxylic acids is 1. The fraction of sp³-hybridized carbons (Fsp3) is 0.333. The van der Waals surface area contributed by atoms with Gasteiger partial charge in [0.1, 0.15) is 5.75 Å². The van der Waals surface area contributed by atoms with Crippen LogP contribution in [0.4, 0.5) is 10.8 Å². The smallest absolute Gasteiger partial charge is 0.303 e. The van der Waals surface area contributed by atoms with Gasteiger partial charge in [0.2, 0.25) is 0 Å². The van der Waals surface area contributed by atoms with E-state index in [1.165, 1.54) is 30.2 Å². The Hall–Kier alpha value is -3.57. The number of carboxylic acids is 1. The van der Waals surface area contributed by atoms with Crippen LogP contribution in [0.2, 0.25) is 0 Å². The molecule has 4 rings (SSSR count). The van der Waals surface area contributed by atoms with E-state index in [-0.39, 0.29) is 24.2 Å². The normalized spacial score (nSPS) is 13.7. The Labute approximate surface area is 229 Å². The van der Waals surface area contributed by atoms with Crippen LogP contribution in [0, 0.1) is 5.92 Å². The predicted molar refractivity (Wildman–Crippen MR) is 149 cm³/mol. The lowest BCUT2D eigenvalue weighted by Gasteiger charge is -2.31. The number of hydrogen-bond donors (Lipinski definition) is 2. The average molecular weight is 555 g/mol. The number of nitrogens with one attached hydrogen (secondary N) is 1. The van der Waals surface area contributed by atoms with E-state index in [4.69, 9.17) is 9.84 Å². The molecule has 2 heterocycles. The molecular weight excluding hydrogens is 524 g/mol. The first-order valence-electron chi connectivity index (χ1n) is 12.1. The highest BCUT2D eigenvalue weighted by Gasteiger charge is 2.27. The van der Waals surface area contributed by atoms with Crippen molar-refractivity contribution in [3.05, 3.63) is 59.8 Å². The van der Waals surface area contributed by atoms with Crippen LogP contribution in [0.15, 0.2) is 57.8 Å². The number of piperidine rings is 1. The van der Waals surface area contributed by atoms with E-state index < -0.39 is 5.97 Å². The number of hydrogen-bond acceptors (Lipinski definition) is 8. The molecule has 200 valence electrons. The molecule has 11 heteroatoms. The first-order valence-corrected chi connectivity index (χ1v) is 13.8. The summed E-state index contributed by atoms with van der Waals surface area (Å²) >= 11 is 2.80. The Morgan fingerprint density at radius 3 is 2.50 bits per heavy atom. The van der Waals surface area contributed by atoms with Crippen molar-refractivity contribution in [1.82, 2.24) is 9.88 Å². The molecule has 0 aliphatic carbocycles. The molecule has 0 saturated carbocycles. The van der Waals surface area contributed by atoms with Crippen LogP contribution in [-0.4, -0.2) is 67.1 Å². The van der Waals surface area contributed by atoms with Crippen LogP contribution < -0.4 is 15.0 Å². The number of carbonyl (C=O) groups is 3. The number of nitrogens with zero attached hydrogens (tertiary/aromatic N) is 3. The van der Waals surface area contributed by atoms with Crippen molar-refractivity contribution >= 4 is 51.7 Å². The Morgan fingerprint density at radius 2 is 1.87 bits per heavy atom. The van der Waals surface area contributed by atoms with Crippen molar-refractivity contribution in [3.63, 3.8) is 0 Å². The van der Waals surface area contributed by atoms with Crippen LogP contribution in [0.5, 0.6) is 5.75 Å². The lowest BCUT2D eigenvalue weighted by Crippen LogP contribution is -2.39. The molecule has 0 unspecified atom stereocenters. The highest BCUT2D eigenvalue weighted by molar-refractivity contribution is 8.01. The number of benzene rings is 2. The molecule has 1 aromatic heterocycles. The number of ether oxygens (including phenoxy) is 1. The van der Waals surface area contributed by atoms with Crippen molar-refractivity contribution in [2.75, 3.05) is 44.5 Å². The zero-order valence-electron chi connectivity index (χ0n) is 21.5. The third-order valence-electron chi connectivity index (χ3n) is 6.34. The van der Waals surface area contributed by atoms with Crippen molar-refractivity contribution < 1.29 is 24.2 Å². The van der Waals surface area contributed by atoms with Gasteiger partial charge < -0.3 is 19.6 Å². The summed E-state index contributed by atoms with van der Waals surface area (Å²) in [6, 6.07) is 12.8. The average Bonchev–Trinajstić information content (AvgIpc) is 3.34. The lowest BCUT2D eigenvalue weighted by molar-refractivity contribution is -0.138. The van der Waals surface area contributed by atoms with Crippen molar-refractivity contribution in [1.29, 1.82) is 0 Å². The molecule has 2 amide bonds. The lowest BCUT2D eigenvalue weighted by atomic mass is 9.93. The van der Waals surface area contributed by atoms with Crippen molar-refractivity contribution in [2.45, 2.75) is 28.4 Å². The number of likely N-dealkylation sites (tertiary alicyclic amines) is 1. The quantitative estimate of drug-likeness (QED) is 0.382. The summed E-state index contributed by atoms with van der Waals surface area (Å²) in [5, 5.41) is 12.4. The van der Waals surface area contributed by atoms with Gasteiger partial charge in [-0.15, -0.1) is 0 Å². The van der Waals surface area contributed by atoms with Gasteiger partial charge in [-0.3, -0.25) is 19.7 Å². The second kappa shape index (κ2) is 12.3. The number of carbonyl (C=O) groups excluding carboxylic acids is 2. The summed E-state index contributed by atoms with van der Waals surface area (Å²) in [6.07, 6.45) is 3.17. The number of methoxy groups -OCH3 is 1. The number of thiazole rings is 1. The molecule has 3 aromatic rings. The molecule has 9 nitrogen and oxygen atoms in total. The minimum atomic E-state index is -0.800. The SMILES string of the molecule is COc1ccc(Sc2cnc(NC(=O)c3ccc(N(C)C)cc3)s2)cc1C(=O)N1CCC(CC(=O)O)CC1. The van der Waals surface area contributed by atoms with Crippen LogP contribution in [0.25, 0.3) is 0 Å². The Bertz CT molecular complexity index is 1300. The monoisotopic (exact) mass is 554 g/mol. The summed E-state index contributed by atoms with van der Waals surface area (Å²) in [7, 11) is 5.42. The minimum Gasteiger partial charge on any atom is -0.496 e. The first kappa shape index (κ1) is 27.5. The van der Waals surface area contributed by atoms with Crippen LogP contribution >= 0.6 is 23.1 Å². The molecule has 0 spiro atoms. The van der Waals surface area contributed by atoms with E-state index in [9.17, 15) is 14.4 Å². The molecule has 1 fully saturated rings. The summed E-state index contributed by atoms with van der Waals surface area (Å²) in [5.41, 5.74) is 2.02. The van der Waals surface area contributed by atoms with Gasteiger partial charge >= 0.3 is 5.97 Å². The summed E-state index contributed by atoms with van der Waals surface area (Å²) in [5.74, 6) is -0.574. The number of carboxylic acid groups (broad SMARTS) is 1. The van der Waals surface area contributed by atoms with Crippen LogP contribution in [0.1, 0.15) is 40.0 Å². The maximum absolute atomic E-state index is 13.3. The fourth-order valence-corrected chi connectivity index (χ4v) is 6.12. The van der Waals surface area contributed by atoms with E-state index in [0.29, 0.717) is 47.9 Å². The van der Waals surface area contributed by atoms with Gasteiger partial charge in [0.05, 0.1) is 23.1 Å².